The van der Waals surface area contributed by atoms with Gasteiger partial charge in [0.15, 0.2) is 11.5 Å². The first-order valence-corrected chi connectivity index (χ1v) is 5.93. The Bertz CT molecular complexity index is 564. The van der Waals surface area contributed by atoms with Crippen molar-refractivity contribution in [3.8, 4) is 11.5 Å². The van der Waals surface area contributed by atoms with Crippen LogP contribution in [0, 0.1) is 0 Å². The maximum absolute atomic E-state index is 11.9. The summed E-state index contributed by atoms with van der Waals surface area (Å²) in [6.45, 7) is 0.717. The summed E-state index contributed by atoms with van der Waals surface area (Å²) in [4.78, 5) is 23.2. The van der Waals surface area contributed by atoms with Gasteiger partial charge in [-0.3, -0.25) is 10.2 Å². The van der Waals surface area contributed by atoms with Crippen molar-refractivity contribution in [1.82, 2.24) is 15.8 Å². The maximum Gasteiger partial charge on any atom is 0.336 e. The molecule has 0 aromatic heterocycles. The number of amides is 3. The Morgan fingerprint density at radius 2 is 2.05 bits per heavy atom. The fraction of sp³-hybridized carbons (Fsp3) is 0.200. The predicted molar refractivity (Wildman–Crippen MR) is 67.4 cm³/mol. The molecule has 1 fully saturated rings. The van der Waals surface area contributed by atoms with Gasteiger partial charge in [0.05, 0.1) is 22.2 Å². The monoisotopic (exact) mass is 305 g/mol. The van der Waals surface area contributed by atoms with Crippen LogP contribution in [0.3, 0.4) is 0 Å². The molecule has 19 heavy (non-hydrogen) atoms. The van der Waals surface area contributed by atoms with Gasteiger partial charge in [0.2, 0.25) is 0 Å². The zero-order chi connectivity index (χ0) is 14.2. The van der Waals surface area contributed by atoms with E-state index in [0.29, 0.717) is 13.1 Å². The van der Waals surface area contributed by atoms with Crippen LogP contribution in [-0.2, 0) is 0 Å². The molecule has 1 aliphatic heterocycles. The van der Waals surface area contributed by atoms with Crippen molar-refractivity contribution < 1.29 is 19.8 Å². The molecule has 4 N–H and O–H groups in total. The Morgan fingerprint density at radius 3 is 2.63 bits per heavy atom. The minimum absolute atomic E-state index is 0.151. The standard InChI is InChI=1S/C10H9Cl2N3O4/c11-5-3-4(6(12)8(17)7(5)16)9(18)14-15-2-1-13-10(15)19/h3,16-17H,1-2H2,(H,13,19)(H,14,18). The molecular formula is C10H9Cl2N3O4. The predicted octanol–water partition coefficient (Wildman–Crippen LogP) is 1.07. The molecule has 0 bridgehead atoms. The summed E-state index contributed by atoms with van der Waals surface area (Å²) in [6, 6.07) is 0.654. The third kappa shape index (κ3) is 2.47. The minimum Gasteiger partial charge on any atom is -0.503 e. The third-order valence-corrected chi connectivity index (χ3v) is 3.17. The molecule has 1 aliphatic rings. The van der Waals surface area contributed by atoms with Crippen LogP contribution >= 0.6 is 23.2 Å². The van der Waals surface area contributed by atoms with Gasteiger partial charge in [-0.1, -0.05) is 23.2 Å². The SMILES string of the molecule is O=C(NN1CCNC1=O)c1cc(Cl)c(O)c(O)c1Cl. The zero-order valence-electron chi connectivity index (χ0n) is 9.41. The van der Waals surface area contributed by atoms with E-state index in [-0.39, 0.29) is 15.6 Å². The van der Waals surface area contributed by atoms with Gasteiger partial charge in [-0.25, -0.2) is 9.80 Å². The molecule has 0 aliphatic carbocycles. The minimum atomic E-state index is -0.723. The first-order valence-electron chi connectivity index (χ1n) is 5.18. The lowest BCUT2D eigenvalue weighted by molar-refractivity contribution is 0.0852. The fourth-order valence-corrected chi connectivity index (χ4v) is 1.96. The summed E-state index contributed by atoms with van der Waals surface area (Å²) < 4.78 is 0. The lowest BCUT2D eigenvalue weighted by atomic mass is 10.2. The van der Waals surface area contributed by atoms with Gasteiger partial charge >= 0.3 is 6.03 Å². The summed E-state index contributed by atoms with van der Waals surface area (Å²) in [6.07, 6.45) is 0. The molecular weight excluding hydrogens is 297 g/mol. The van der Waals surface area contributed by atoms with E-state index in [2.05, 4.69) is 10.7 Å². The van der Waals surface area contributed by atoms with E-state index in [0.717, 1.165) is 11.1 Å². The number of benzene rings is 1. The molecule has 1 aromatic rings. The Morgan fingerprint density at radius 1 is 1.37 bits per heavy atom. The molecule has 1 saturated heterocycles. The molecule has 9 heteroatoms. The number of nitrogens with one attached hydrogen (secondary N) is 2. The number of hydrogen-bond donors (Lipinski definition) is 4. The van der Waals surface area contributed by atoms with Crippen LogP contribution in [0.25, 0.3) is 0 Å². The number of urea groups is 1. The Labute approximate surface area is 117 Å². The van der Waals surface area contributed by atoms with Crippen LogP contribution in [0.5, 0.6) is 11.5 Å². The van der Waals surface area contributed by atoms with Gasteiger partial charge in [0.1, 0.15) is 0 Å². The molecule has 0 saturated carbocycles. The van der Waals surface area contributed by atoms with Crippen molar-refractivity contribution in [2.24, 2.45) is 0 Å². The number of carbonyl (C=O) groups excluding carboxylic acids is 2. The van der Waals surface area contributed by atoms with Gasteiger partial charge in [-0.2, -0.15) is 0 Å². The summed E-state index contributed by atoms with van der Waals surface area (Å²) in [5.41, 5.74) is 2.15. The van der Waals surface area contributed by atoms with Crippen LogP contribution < -0.4 is 10.7 Å². The van der Waals surface area contributed by atoms with E-state index >= 15 is 0 Å². The van der Waals surface area contributed by atoms with Crippen LogP contribution in [0.15, 0.2) is 6.07 Å². The van der Waals surface area contributed by atoms with Gasteiger partial charge in [0.25, 0.3) is 5.91 Å². The highest BCUT2D eigenvalue weighted by molar-refractivity contribution is 6.38. The molecule has 2 rings (SSSR count). The maximum atomic E-state index is 11.9. The Hall–Kier alpha value is -1.86. The number of phenols is 2. The average molecular weight is 306 g/mol. The topological polar surface area (TPSA) is 102 Å². The number of carbonyl (C=O) groups is 2. The second kappa shape index (κ2) is 5.02. The molecule has 7 nitrogen and oxygen atoms in total. The van der Waals surface area contributed by atoms with E-state index in [1.165, 1.54) is 0 Å². The molecule has 0 atom stereocenters. The third-order valence-electron chi connectivity index (χ3n) is 2.50. The number of nitrogens with zero attached hydrogens (tertiary/aromatic N) is 1. The summed E-state index contributed by atoms with van der Waals surface area (Å²) in [5, 5.41) is 21.8. The zero-order valence-corrected chi connectivity index (χ0v) is 10.9. The van der Waals surface area contributed by atoms with E-state index in [9.17, 15) is 19.8 Å². The second-order valence-electron chi connectivity index (χ2n) is 3.74. The van der Waals surface area contributed by atoms with Gasteiger partial charge in [-0.15, -0.1) is 0 Å². The number of aromatic hydroxyl groups is 2. The number of rotatable bonds is 2. The number of hydrogen-bond acceptors (Lipinski definition) is 4. The van der Waals surface area contributed by atoms with Gasteiger partial charge in [-0.05, 0) is 6.07 Å². The van der Waals surface area contributed by atoms with Crippen LogP contribution in [0.1, 0.15) is 10.4 Å². The van der Waals surface area contributed by atoms with Crippen molar-refractivity contribution in [3.63, 3.8) is 0 Å². The number of phenolic OH excluding ortho intramolecular Hbond substituents is 2. The summed E-state index contributed by atoms with van der Waals surface area (Å²) in [7, 11) is 0. The first kappa shape index (κ1) is 13.6. The van der Waals surface area contributed by atoms with E-state index in [1.807, 2.05) is 0 Å². The molecule has 1 aromatic carbocycles. The van der Waals surface area contributed by atoms with Crippen LogP contribution in [-0.4, -0.2) is 40.2 Å². The Balaban J connectivity index is 2.27. The highest BCUT2D eigenvalue weighted by atomic mass is 35.5. The lowest BCUT2D eigenvalue weighted by Crippen LogP contribution is -2.44. The highest BCUT2D eigenvalue weighted by Crippen LogP contribution is 2.41. The summed E-state index contributed by atoms with van der Waals surface area (Å²) in [5.74, 6) is -2.02. The average Bonchev–Trinajstić information content (AvgIpc) is 2.77. The molecule has 102 valence electrons. The van der Waals surface area contributed by atoms with Crippen molar-refractivity contribution >= 4 is 35.1 Å². The second-order valence-corrected chi connectivity index (χ2v) is 4.53. The van der Waals surface area contributed by atoms with E-state index in [4.69, 9.17) is 23.2 Å². The van der Waals surface area contributed by atoms with E-state index < -0.39 is 23.4 Å². The van der Waals surface area contributed by atoms with Gasteiger partial charge < -0.3 is 15.5 Å². The van der Waals surface area contributed by atoms with E-state index in [1.54, 1.807) is 0 Å². The van der Waals surface area contributed by atoms with Crippen LogP contribution in [0.2, 0.25) is 10.0 Å². The Kier molecular flexibility index (Phi) is 3.59. The smallest absolute Gasteiger partial charge is 0.336 e. The molecule has 0 unspecified atom stereocenters. The van der Waals surface area contributed by atoms with Crippen molar-refractivity contribution in [2.45, 2.75) is 0 Å². The van der Waals surface area contributed by atoms with Crippen molar-refractivity contribution in [3.05, 3.63) is 21.7 Å². The highest BCUT2D eigenvalue weighted by Gasteiger charge is 2.25. The largest absolute Gasteiger partial charge is 0.503 e. The molecule has 0 radical (unpaired) electrons. The summed E-state index contributed by atoms with van der Waals surface area (Å²) >= 11 is 11.4. The van der Waals surface area contributed by atoms with Gasteiger partial charge in [0, 0.05) is 6.54 Å². The normalized spacial score (nSPS) is 14.4. The fourth-order valence-electron chi connectivity index (χ4n) is 1.53. The molecule has 3 amide bonds. The van der Waals surface area contributed by atoms with Crippen molar-refractivity contribution in [1.29, 1.82) is 0 Å². The van der Waals surface area contributed by atoms with Crippen LogP contribution in [0.4, 0.5) is 4.79 Å². The molecule has 1 heterocycles. The number of hydrazine groups is 1. The quantitative estimate of drug-likeness (QED) is 0.614. The lowest BCUT2D eigenvalue weighted by Gasteiger charge is -2.16. The first-order chi connectivity index (χ1) is 8.91. The molecule has 0 spiro atoms. The number of halogens is 2. The van der Waals surface area contributed by atoms with Crippen molar-refractivity contribution in [2.75, 3.05) is 13.1 Å².